The van der Waals surface area contributed by atoms with Crippen molar-refractivity contribution in [3.05, 3.63) is 29.3 Å². The lowest BCUT2D eigenvalue weighted by Gasteiger charge is -2.20. The monoisotopic (exact) mass is 265 g/mol. The lowest BCUT2D eigenvalue weighted by molar-refractivity contribution is 0.0536. The van der Waals surface area contributed by atoms with Crippen LogP contribution in [0, 0.1) is 6.92 Å². The number of rotatable bonds is 7. The van der Waals surface area contributed by atoms with Crippen LogP contribution >= 0.6 is 0 Å². The average molecular weight is 265 g/mol. The molecule has 19 heavy (non-hydrogen) atoms. The molecule has 3 nitrogen and oxygen atoms in total. The van der Waals surface area contributed by atoms with Crippen LogP contribution < -0.4 is 10.5 Å². The summed E-state index contributed by atoms with van der Waals surface area (Å²) in [5.74, 6) is 1.43. The maximum absolute atomic E-state index is 9.78. The molecule has 0 radical (unpaired) electrons. The summed E-state index contributed by atoms with van der Waals surface area (Å²) in [5, 5.41) is 9.78. The second-order valence-electron chi connectivity index (χ2n) is 5.83. The summed E-state index contributed by atoms with van der Waals surface area (Å²) < 4.78 is 5.71. The summed E-state index contributed by atoms with van der Waals surface area (Å²) >= 11 is 0. The number of aliphatic hydroxyl groups is 1. The smallest absolute Gasteiger partial charge is 0.119 e. The molecule has 0 aromatic heterocycles. The van der Waals surface area contributed by atoms with E-state index in [-0.39, 0.29) is 6.54 Å². The largest absolute Gasteiger partial charge is 0.494 e. The Balaban J connectivity index is 2.44. The number of ether oxygens (including phenoxy) is 1. The van der Waals surface area contributed by atoms with Gasteiger partial charge in [0.2, 0.25) is 0 Å². The lowest BCUT2D eigenvalue weighted by atomic mass is 9.98. The molecule has 1 unspecified atom stereocenters. The molecule has 1 aromatic carbocycles. The van der Waals surface area contributed by atoms with Gasteiger partial charge in [0.25, 0.3) is 0 Å². The highest BCUT2D eigenvalue weighted by atomic mass is 16.5. The van der Waals surface area contributed by atoms with E-state index in [0.717, 1.165) is 12.2 Å². The Kier molecular flexibility index (Phi) is 5.83. The Bertz CT molecular complexity index is 400. The van der Waals surface area contributed by atoms with Crippen molar-refractivity contribution >= 4 is 0 Å². The van der Waals surface area contributed by atoms with Gasteiger partial charge < -0.3 is 15.6 Å². The zero-order valence-electron chi connectivity index (χ0n) is 12.6. The van der Waals surface area contributed by atoms with Crippen molar-refractivity contribution in [1.29, 1.82) is 0 Å². The highest BCUT2D eigenvalue weighted by molar-refractivity contribution is 5.36. The maximum atomic E-state index is 9.78. The third kappa shape index (κ3) is 5.21. The first kappa shape index (κ1) is 16.0. The molecule has 0 fully saturated rings. The molecule has 0 aliphatic carbocycles. The summed E-state index contributed by atoms with van der Waals surface area (Å²) in [4.78, 5) is 0. The summed E-state index contributed by atoms with van der Waals surface area (Å²) in [7, 11) is 0. The van der Waals surface area contributed by atoms with Crippen molar-refractivity contribution in [3.63, 3.8) is 0 Å². The minimum Gasteiger partial charge on any atom is -0.494 e. The summed E-state index contributed by atoms with van der Waals surface area (Å²) in [6.45, 7) is 9.15. The van der Waals surface area contributed by atoms with Gasteiger partial charge in [0.15, 0.2) is 0 Å². The highest BCUT2D eigenvalue weighted by Gasteiger charge is 2.16. The van der Waals surface area contributed by atoms with Gasteiger partial charge in [0, 0.05) is 6.54 Å². The van der Waals surface area contributed by atoms with Crippen LogP contribution in [0.4, 0.5) is 0 Å². The molecule has 3 N–H and O–H groups in total. The van der Waals surface area contributed by atoms with Crippen molar-refractivity contribution in [2.75, 3.05) is 13.2 Å². The Morgan fingerprint density at radius 1 is 1.37 bits per heavy atom. The average Bonchev–Trinajstić information content (AvgIpc) is 2.34. The van der Waals surface area contributed by atoms with Crippen molar-refractivity contribution in [3.8, 4) is 5.75 Å². The van der Waals surface area contributed by atoms with E-state index in [1.165, 1.54) is 11.1 Å². The van der Waals surface area contributed by atoms with Gasteiger partial charge in [0.05, 0.1) is 12.2 Å². The van der Waals surface area contributed by atoms with Gasteiger partial charge in [-0.3, -0.25) is 0 Å². The van der Waals surface area contributed by atoms with Gasteiger partial charge in [-0.1, -0.05) is 19.9 Å². The molecular weight excluding hydrogens is 238 g/mol. The van der Waals surface area contributed by atoms with Gasteiger partial charge in [-0.05, 0) is 55.9 Å². The number of hydrogen-bond donors (Lipinski definition) is 2. The standard InChI is InChI=1S/C16H27NO2/c1-12(2)15-7-6-14(10-13(15)3)19-9-5-8-16(4,18)11-17/h6-7,10,12,18H,5,8-9,11,17H2,1-4H3. The predicted molar refractivity (Wildman–Crippen MR) is 79.7 cm³/mol. The van der Waals surface area contributed by atoms with E-state index in [0.29, 0.717) is 18.9 Å². The van der Waals surface area contributed by atoms with Gasteiger partial charge in [0.1, 0.15) is 5.75 Å². The summed E-state index contributed by atoms with van der Waals surface area (Å²) in [5.41, 5.74) is 7.32. The lowest BCUT2D eigenvalue weighted by Crippen LogP contribution is -2.34. The minimum absolute atomic E-state index is 0.287. The Hall–Kier alpha value is -1.06. The van der Waals surface area contributed by atoms with E-state index in [1.54, 1.807) is 6.92 Å². The third-order valence-corrected chi connectivity index (χ3v) is 3.43. The Morgan fingerprint density at radius 3 is 2.58 bits per heavy atom. The second kappa shape index (κ2) is 6.92. The van der Waals surface area contributed by atoms with Crippen LogP contribution in [0.15, 0.2) is 18.2 Å². The zero-order valence-corrected chi connectivity index (χ0v) is 12.6. The van der Waals surface area contributed by atoms with Crippen LogP contribution in [0.5, 0.6) is 5.75 Å². The molecular formula is C16H27NO2. The third-order valence-electron chi connectivity index (χ3n) is 3.43. The molecule has 0 spiro atoms. The molecule has 1 aromatic rings. The van der Waals surface area contributed by atoms with Crippen LogP contribution in [0.3, 0.4) is 0 Å². The first-order valence-electron chi connectivity index (χ1n) is 7.01. The second-order valence-corrected chi connectivity index (χ2v) is 5.83. The van der Waals surface area contributed by atoms with E-state index >= 15 is 0 Å². The van der Waals surface area contributed by atoms with Crippen LogP contribution in [0.1, 0.15) is 50.7 Å². The molecule has 1 atom stereocenters. The number of aryl methyl sites for hydroxylation is 1. The van der Waals surface area contributed by atoms with E-state index in [9.17, 15) is 5.11 Å². The molecule has 0 aliphatic heterocycles. The molecule has 0 saturated heterocycles. The first-order chi connectivity index (χ1) is 8.85. The Labute approximate surface area is 116 Å². The summed E-state index contributed by atoms with van der Waals surface area (Å²) in [6, 6.07) is 6.23. The van der Waals surface area contributed by atoms with Gasteiger partial charge in [-0.2, -0.15) is 0 Å². The molecule has 0 amide bonds. The fourth-order valence-corrected chi connectivity index (χ4v) is 2.13. The van der Waals surface area contributed by atoms with Gasteiger partial charge >= 0.3 is 0 Å². The fraction of sp³-hybridized carbons (Fsp3) is 0.625. The zero-order chi connectivity index (χ0) is 14.5. The quantitative estimate of drug-likeness (QED) is 0.745. The number of hydrogen-bond acceptors (Lipinski definition) is 3. The minimum atomic E-state index is -0.777. The SMILES string of the molecule is Cc1cc(OCCCC(C)(O)CN)ccc1C(C)C. The van der Waals surface area contributed by atoms with Gasteiger partial charge in [-0.25, -0.2) is 0 Å². The van der Waals surface area contributed by atoms with Crippen molar-refractivity contribution in [2.45, 2.75) is 52.1 Å². The van der Waals surface area contributed by atoms with E-state index < -0.39 is 5.60 Å². The number of nitrogens with two attached hydrogens (primary N) is 1. The van der Waals surface area contributed by atoms with Crippen LogP contribution in [0.2, 0.25) is 0 Å². The van der Waals surface area contributed by atoms with E-state index in [2.05, 4.69) is 32.9 Å². The first-order valence-corrected chi connectivity index (χ1v) is 7.01. The highest BCUT2D eigenvalue weighted by Crippen LogP contribution is 2.23. The molecule has 0 heterocycles. The summed E-state index contributed by atoms with van der Waals surface area (Å²) in [6.07, 6.45) is 1.46. The molecule has 3 heteroatoms. The molecule has 1 rings (SSSR count). The van der Waals surface area contributed by atoms with Crippen LogP contribution in [-0.2, 0) is 0 Å². The topological polar surface area (TPSA) is 55.5 Å². The van der Waals surface area contributed by atoms with Crippen molar-refractivity contribution in [2.24, 2.45) is 5.73 Å². The van der Waals surface area contributed by atoms with Crippen molar-refractivity contribution < 1.29 is 9.84 Å². The molecule has 0 saturated carbocycles. The van der Waals surface area contributed by atoms with Crippen LogP contribution in [-0.4, -0.2) is 23.9 Å². The van der Waals surface area contributed by atoms with Gasteiger partial charge in [-0.15, -0.1) is 0 Å². The molecule has 0 bridgehead atoms. The number of benzene rings is 1. The van der Waals surface area contributed by atoms with E-state index in [4.69, 9.17) is 10.5 Å². The maximum Gasteiger partial charge on any atom is 0.119 e. The molecule has 0 aliphatic rings. The fourth-order valence-electron chi connectivity index (χ4n) is 2.13. The van der Waals surface area contributed by atoms with Crippen molar-refractivity contribution in [1.82, 2.24) is 0 Å². The Morgan fingerprint density at radius 2 is 2.05 bits per heavy atom. The normalized spacial score (nSPS) is 14.5. The van der Waals surface area contributed by atoms with E-state index in [1.807, 2.05) is 6.07 Å². The predicted octanol–water partition coefficient (Wildman–Crippen LogP) is 2.99. The van der Waals surface area contributed by atoms with Crippen LogP contribution in [0.25, 0.3) is 0 Å². The molecule has 108 valence electrons.